The Kier molecular flexibility index (Phi) is 10.4. The van der Waals surface area contributed by atoms with Crippen LogP contribution in [-0.4, -0.2) is 92.8 Å². The highest BCUT2D eigenvalue weighted by Gasteiger charge is 2.24. The number of pyridine rings is 2. The summed E-state index contributed by atoms with van der Waals surface area (Å²) in [6, 6.07) is 20.3. The molecule has 1 fully saturated rings. The molecule has 7 rings (SSSR count). The molecule has 2 aliphatic heterocycles. The third kappa shape index (κ3) is 7.58. The Hall–Kier alpha value is -4.08. The maximum Gasteiger partial charge on any atom is 0.121 e. The quantitative estimate of drug-likeness (QED) is 0.131. The molecule has 1 N–H and O–H groups in total. The fourth-order valence-corrected chi connectivity index (χ4v) is 7.44. The summed E-state index contributed by atoms with van der Waals surface area (Å²) in [5.41, 5.74) is 7.58. The highest BCUT2D eigenvalue weighted by atomic mass is 35.5. The van der Waals surface area contributed by atoms with Crippen LogP contribution in [0.4, 0.5) is 22.7 Å². The molecule has 49 heavy (non-hydrogen) atoms. The zero-order valence-corrected chi connectivity index (χ0v) is 29.7. The summed E-state index contributed by atoms with van der Waals surface area (Å²) in [6.07, 6.45) is 10.3. The number of halogens is 2. The first-order valence-electron chi connectivity index (χ1n) is 17.1. The second-order valence-electron chi connectivity index (χ2n) is 12.8. The summed E-state index contributed by atoms with van der Waals surface area (Å²) in [4.78, 5) is 19.1. The summed E-state index contributed by atoms with van der Waals surface area (Å²) < 4.78 is 5.80. The van der Waals surface area contributed by atoms with Crippen LogP contribution < -0.4 is 19.9 Å². The van der Waals surface area contributed by atoms with Gasteiger partial charge in [-0.25, -0.2) is 0 Å². The van der Waals surface area contributed by atoms with E-state index in [2.05, 4.69) is 78.3 Å². The zero-order valence-electron chi connectivity index (χ0n) is 28.2. The molecule has 0 aliphatic carbocycles. The third-order valence-corrected chi connectivity index (χ3v) is 10.1. The molecule has 8 nitrogen and oxygen atoms in total. The Morgan fingerprint density at radius 2 is 1.47 bits per heavy atom. The third-order valence-electron chi connectivity index (χ3n) is 9.64. The van der Waals surface area contributed by atoms with Crippen molar-refractivity contribution >= 4 is 73.8 Å². The number of hydrogen-bond acceptors (Lipinski definition) is 8. The van der Waals surface area contributed by atoms with E-state index in [-0.39, 0.29) is 0 Å². The van der Waals surface area contributed by atoms with E-state index in [1.54, 1.807) is 7.11 Å². The van der Waals surface area contributed by atoms with Crippen molar-refractivity contribution in [2.75, 3.05) is 88.2 Å². The molecule has 0 radical (unpaired) electrons. The van der Waals surface area contributed by atoms with E-state index >= 15 is 0 Å². The number of nitrogens with zero attached hydrogens (tertiary/aromatic N) is 6. The van der Waals surface area contributed by atoms with E-state index in [1.807, 2.05) is 48.8 Å². The van der Waals surface area contributed by atoms with Crippen LogP contribution in [-0.2, 0) is 0 Å². The molecule has 0 saturated carbocycles. The van der Waals surface area contributed by atoms with Gasteiger partial charge in [0, 0.05) is 103 Å². The molecule has 4 heterocycles. The molecule has 0 unspecified atom stereocenters. The minimum absolute atomic E-state index is 0.691. The van der Waals surface area contributed by atoms with Gasteiger partial charge in [0.25, 0.3) is 0 Å². The number of piperazine rings is 1. The fourth-order valence-electron chi connectivity index (χ4n) is 7.11. The highest BCUT2D eigenvalue weighted by Crippen LogP contribution is 2.43. The monoisotopic (exact) mass is 695 g/mol. The molecule has 254 valence electrons. The average molecular weight is 697 g/mol. The largest absolute Gasteiger partial charge is 0.497 e. The van der Waals surface area contributed by atoms with Gasteiger partial charge < -0.3 is 29.7 Å². The first-order chi connectivity index (χ1) is 24.0. The normalized spacial score (nSPS) is 15.1. The molecule has 0 amide bonds. The smallest absolute Gasteiger partial charge is 0.121 e. The first kappa shape index (κ1) is 33.4. The van der Waals surface area contributed by atoms with Crippen molar-refractivity contribution in [3.05, 3.63) is 94.7 Å². The van der Waals surface area contributed by atoms with Gasteiger partial charge in [-0.1, -0.05) is 35.4 Å². The number of nitrogens with one attached hydrogen (secondary N) is 1. The lowest BCUT2D eigenvalue weighted by Crippen LogP contribution is -2.47. The number of likely N-dealkylation sites (N-methyl/N-ethyl adjacent to an activating group) is 1. The van der Waals surface area contributed by atoms with Crippen molar-refractivity contribution in [3.8, 4) is 5.75 Å². The van der Waals surface area contributed by atoms with Gasteiger partial charge in [-0.2, -0.15) is 0 Å². The average Bonchev–Trinajstić information content (AvgIpc) is 3.11. The molecule has 0 atom stereocenters. The molecular formula is C39H43Cl2N7O. The van der Waals surface area contributed by atoms with Crippen LogP contribution in [0.15, 0.2) is 79.1 Å². The molecule has 3 aromatic carbocycles. The highest BCUT2D eigenvalue weighted by molar-refractivity contribution is 6.31. The van der Waals surface area contributed by atoms with E-state index in [4.69, 9.17) is 27.9 Å². The van der Waals surface area contributed by atoms with Crippen LogP contribution >= 0.6 is 23.2 Å². The van der Waals surface area contributed by atoms with E-state index < -0.39 is 0 Å². The van der Waals surface area contributed by atoms with Crippen LogP contribution in [0, 0.1) is 0 Å². The minimum Gasteiger partial charge on any atom is -0.497 e. The standard InChI is InChI=1S/C39H43Cl2N7O/c1-45-16-3-6-28-24-31(49-2)27-38(39(28)45)48(37-12-15-44-36-26-30(41)8-10-33(36)37)19-5-18-47-22-20-46(21-23-47)17-4-13-42-34-11-14-43-35-25-29(40)7-9-32(34)35/h3,6-12,14-15,24-27H,4-5,13,16-23H2,1-2H3,(H,42,43). The summed E-state index contributed by atoms with van der Waals surface area (Å²) in [5.74, 6) is 0.852. The van der Waals surface area contributed by atoms with Crippen LogP contribution in [0.5, 0.6) is 5.75 Å². The molecule has 10 heteroatoms. The molecule has 2 aromatic heterocycles. The maximum absolute atomic E-state index is 6.38. The minimum atomic E-state index is 0.691. The van der Waals surface area contributed by atoms with E-state index in [0.29, 0.717) is 10.0 Å². The van der Waals surface area contributed by atoms with Gasteiger partial charge in [0.1, 0.15) is 5.75 Å². The van der Waals surface area contributed by atoms with E-state index in [9.17, 15) is 0 Å². The number of hydrogen-bond donors (Lipinski definition) is 1. The van der Waals surface area contributed by atoms with E-state index in [1.165, 1.54) is 11.3 Å². The number of benzene rings is 3. The lowest BCUT2D eigenvalue weighted by atomic mass is 10.0. The Bertz CT molecular complexity index is 1960. The summed E-state index contributed by atoms with van der Waals surface area (Å²) >= 11 is 12.5. The predicted molar refractivity (Wildman–Crippen MR) is 206 cm³/mol. The van der Waals surface area contributed by atoms with E-state index in [0.717, 1.165) is 116 Å². The molecule has 1 saturated heterocycles. The van der Waals surface area contributed by atoms with Crippen LogP contribution in [0.2, 0.25) is 10.0 Å². The Morgan fingerprint density at radius 3 is 2.20 bits per heavy atom. The summed E-state index contributed by atoms with van der Waals surface area (Å²) in [6.45, 7) is 9.14. The van der Waals surface area contributed by atoms with Gasteiger partial charge in [0.2, 0.25) is 0 Å². The number of fused-ring (bicyclic) bond motifs is 3. The first-order valence-corrected chi connectivity index (χ1v) is 17.9. The Morgan fingerprint density at radius 1 is 0.796 bits per heavy atom. The van der Waals surface area contributed by atoms with Gasteiger partial charge in [0.05, 0.1) is 35.2 Å². The number of ether oxygens (including phenoxy) is 1. The van der Waals surface area contributed by atoms with Gasteiger partial charge in [-0.05, 0) is 80.5 Å². The number of aromatic nitrogens is 2. The predicted octanol–water partition coefficient (Wildman–Crippen LogP) is 8.21. The summed E-state index contributed by atoms with van der Waals surface area (Å²) in [5, 5.41) is 7.21. The topological polar surface area (TPSA) is 60.0 Å². The molecule has 0 spiro atoms. The van der Waals surface area contributed by atoms with Crippen molar-refractivity contribution in [2.24, 2.45) is 0 Å². The second-order valence-corrected chi connectivity index (χ2v) is 13.7. The molecule has 2 aliphatic rings. The molecule has 0 bridgehead atoms. The lowest BCUT2D eigenvalue weighted by molar-refractivity contribution is 0.132. The number of anilines is 4. The number of methoxy groups -OCH3 is 1. The van der Waals surface area contributed by atoms with Gasteiger partial charge >= 0.3 is 0 Å². The lowest BCUT2D eigenvalue weighted by Gasteiger charge is -2.36. The molecular weight excluding hydrogens is 653 g/mol. The Labute approximate surface area is 298 Å². The molecule has 5 aromatic rings. The van der Waals surface area contributed by atoms with Gasteiger partial charge in [-0.15, -0.1) is 0 Å². The van der Waals surface area contributed by atoms with Crippen LogP contribution in [0.1, 0.15) is 18.4 Å². The zero-order chi connectivity index (χ0) is 33.7. The van der Waals surface area contributed by atoms with Crippen LogP contribution in [0.3, 0.4) is 0 Å². The maximum atomic E-state index is 6.38. The second kappa shape index (κ2) is 15.2. The Balaban J connectivity index is 0.987. The summed E-state index contributed by atoms with van der Waals surface area (Å²) in [7, 11) is 3.90. The SMILES string of the molecule is COc1cc2c(c(N(CCCN3CCN(CCCNc4ccnc5cc(Cl)ccc45)CC3)c3ccnc4cc(Cl)ccc34)c1)N(C)CC=C2. The van der Waals surface area contributed by atoms with Gasteiger partial charge in [-0.3, -0.25) is 9.97 Å². The van der Waals surface area contributed by atoms with Crippen molar-refractivity contribution in [3.63, 3.8) is 0 Å². The van der Waals surface area contributed by atoms with Crippen molar-refractivity contribution in [2.45, 2.75) is 12.8 Å². The van der Waals surface area contributed by atoms with Gasteiger partial charge in [0.15, 0.2) is 0 Å². The van der Waals surface area contributed by atoms with Crippen molar-refractivity contribution in [1.82, 2.24) is 19.8 Å². The van der Waals surface area contributed by atoms with Crippen molar-refractivity contribution in [1.29, 1.82) is 0 Å². The fraction of sp³-hybridized carbons (Fsp3) is 0.333. The van der Waals surface area contributed by atoms with Crippen molar-refractivity contribution < 1.29 is 4.74 Å². The van der Waals surface area contributed by atoms with Crippen LogP contribution in [0.25, 0.3) is 27.9 Å². The number of rotatable bonds is 12.